The van der Waals surface area contributed by atoms with Gasteiger partial charge in [-0.25, -0.2) is 4.79 Å². The molecule has 0 aliphatic carbocycles. The van der Waals surface area contributed by atoms with Crippen LogP contribution < -0.4 is 5.32 Å². The second kappa shape index (κ2) is 7.25. The molecule has 0 aliphatic rings. The zero-order valence-corrected chi connectivity index (χ0v) is 12.4. The number of rotatable bonds is 6. The lowest BCUT2D eigenvalue weighted by atomic mass is 10.1. The van der Waals surface area contributed by atoms with Crippen LogP contribution in [-0.2, 0) is 14.3 Å². The molecule has 0 fully saturated rings. The Bertz CT molecular complexity index is 487. The molecule has 104 valence electrons. The number of ether oxygens (including phenoxy) is 1. The number of carbonyl (C=O) groups excluding carboxylic acids is 2. The van der Waals surface area contributed by atoms with Crippen LogP contribution in [-0.4, -0.2) is 36.1 Å². The van der Waals surface area contributed by atoms with E-state index in [2.05, 4.69) is 26.0 Å². The van der Waals surface area contributed by atoms with Gasteiger partial charge in [-0.1, -0.05) is 0 Å². The Kier molecular flexibility index (Phi) is 5.97. The zero-order chi connectivity index (χ0) is 14.4. The van der Waals surface area contributed by atoms with Crippen LogP contribution in [0.2, 0.25) is 0 Å². The molecule has 8 heteroatoms. The number of amides is 1. The average Bonchev–Trinajstić information content (AvgIpc) is 2.79. The van der Waals surface area contributed by atoms with Crippen LogP contribution in [0.15, 0.2) is 15.9 Å². The summed E-state index contributed by atoms with van der Waals surface area (Å²) in [6, 6.07) is 0.574. The van der Waals surface area contributed by atoms with E-state index in [1.807, 2.05) is 0 Å². The van der Waals surface area contributed by atoms with Crippen molar-refractivity contribution >= 4 is 45.1 Å². The summed E-state index contributed by atoms with van der Waals surface area (Å²) in [5.74, 6) is -2.19. The predicted molar refractivity (Wildman–Crippen MR) is 72.2 cm³/mol. The fourth-order valence-corrected chi connectivity index (χ4v) is 2.76. The molecule has 0 aliphatic heterocycles. The maximum absolute atomic E-state index is 11.8. The molecule has 0 aromatic carbocycles. The van der Waals surface area contributed by atoms with Gasteiger partial charge in [-0.2, -0.15) is 0 Å². The summed E-state index contributed by atoms with van der Waals surface area (Å²) in [5, 5.41) is 13.1. The van der Waals surface area contributed by atoms with E-state index in [4.69, 9.17) is 5.11 Å². The lowest BCUT2D eigenvalue weighted by molar-refractivity contribution is -0.142. The van der Waals surface area contributed by atoms with Crippen molar-refractivity contribution in [3.8, 4) is 0 Å². The number of halogens is 1. The summed E-state index contributed by atoms with van der Waals surface area (Å²) < 4.78 is 5.03. The van der Waals surface area contributed by atoms with Gasteiger partial charge in [-0.05, 0) is 33.8 Å². The van der Waals surface area contributed by atoms with Crippen LogP contribution in [0, 0.1) is 0 Å². The molecular weight excluding hydrogens is 338 g/mol. The molecule has 0 bridgehead atoms. The number of thiophene rings is 1. The third-order valence-electron chi connectivity index (χ3n) is 2.29. The summed E-state index contributed by atoms with van der Waals surface area (Å²) in [6.45, 7) is 0. The van der Waals surface area contributed by atoms with Gasteiger partial charge < -0.3 is 15.2 Å². The standard InChI is InChI=1S/C11H12BrNO5S/c1-18-8(14)3-2-7(11(16)17)13-10(15)9-6(12)4-5-19-9/h4-5,7H,2-3H2,1H3,(H,13,15)(H,16,17)/t7-/m0/s1. The van der Waals surface area contributed by atoms with Crippen molar-refractivity contribution in [3.63, 3.8) is 0 Å². The third-order valence-corrected chi connectivity index (χ3v) is 4.13. The van der Waals surface area contributed by atoms with Crippen molar-refractivity contribution in [2.75, 3.05) is 7.11 Å². The van der Waals surface area contributed by atoms with Gasteiger partial charge in [0.2, 0.25) is 0 Å². The first-order valence-electron chi connectivity index (χ1n) is 5.29. The summed E-state index contributed by atoms with van der Waals surface area (Å²) in [6.07, 6.45) is -0.0872. The highest BCUT2D eigenvalue weighted by Gasteiger charge is 2.23. The van der Waals surface area contributed by atoms with Crippen molar-refractivity contribution in [3.05, 3.63) is 20.8 Å². The molecule has 1 aromatic rings. The van der Waals surface area contributed by atoms with Gasteiger partial charge in [0.15, 0.2) is 0 Å². The fraction of sp³-hybridized carbons (Fsp3) is 0.364. The van der Waals surface area contributed by atoms with Gasteiger partial charge in [0.25, 0.3) is 5.91 Å². The van der Waals surface area contributed by atoms with Gasteiger partial charge in [0, 0.05) is 10.9 Å². The molecule has 0 unspecified atom stereocenters. The highest BCUT2D eigenvalue weighted by Crippen LogP contribution is 2.22. The maximum atomic E-state index is 11.8. The number of methoxy groups -OCH3 is 1. The number of hydrogen-bond acceptors (Lipinski definition) is 5. The minimum absolute atomic E-state index is 0.0171. The molecular formula is C11H12BrNO5S. The number of carboxylic acid groups (broad SMARTS) is 1. The molecule has 0 saturated carbocycles. The first-order chi connectivity index (χ1) is 8.95. The number of nitrogens with one attached hydrogen (secondary N) is 1. The van der Waals surface area contributed by atoms with Crippen LogP contribution in [0.3, 0.4) is 0 Å². The average molecular weight is 350 g/mol. The van der Waals surface area contributed by atoms with Gasteiger partial charge >= 0.3 is 11.9 Å². The molecule has 6 nitrogen and oxygen atoms in total. The normalized spacial score (nSPS) is 11.7. The quantitative estimate of drug-likeness (QED) is 0.761. The van der Waals surface area contributed by atoms with Crippen molar-refractivity contribution < 1.29 is 24.2 Å². The van der Waals surface area contributed by atoms with Crippen LogP contribution in [0.25, 0.3) is 0 Å². The topological polar surface area (TPSA) is 92.7 Å². The van der Waals surface area contributed by atoms with Gasteiger partial charge in [0.1, 0.15) is 10.9 Å². The van der Waals surface area contributed by atoms with Crippen molar-refractivity contribution in [1.82, 2.24) is 5.32 Å². The van der Waals surface area contributed by atoms with Gasteiger partial charge in [-0.15, -0.1) is 11.3 Å². The number of carbonyl (C=O) groups is 3. The molecule has 0 saturated heterocycles. The van der Waals surface area contributed by atoms with Crippen molar-refractivity contribution in [2.45, 2.75) is 18.9 Å². The molecule has 1 rings (SSSR count). The van der Waals surface area contributed by atoms with Crippen LogP contribution in [0.1, 0.15) is 22.5 Å². The Labute approximate surface area is 121 Å². The second-order valence-electron chi connectivity index (χ2n) is 3.58. The van der Waals surface area contributed by atoms with E-state index in [0.29, 0.717) is 9.35 Å². The Hall–Kier alpha value is -1.41. The molecule has 19 heavy (non-hydrogen) atoms. The third kappa shape index (κ3) is 4.64. The van der Waals surface area contributed by atoms with Crippen LogP contribution in [0.5, 0.6) is 0 Å². The molecule has 1 heterocycles. The highest BCUT2D eigenvalue weighted by atomic mass is 79.9. The summed E-state index contributed by atoms with van der Waals surface area (Å²) in [4.78, 5) is 34.2. The largest absolute Gasteiger partial charge is 0.480 e. The summed E-state index contributed by atoms with van der Waals surface area (Å²) >= 11 is 4.39. The number of aliphatic carboxylic acids is 1. The SMILES string of the molecule is COC(=O)CC[C@H](NC(=O)c1sccc1Br)C(=O)O. The minimum Gasteiger partial charge on any atom is -0.480 e. The van der Waals surface area contributed by atoms with Crippen LogP contribution >= 0.6 is 27.3 Å². The smallest absolute Gasteiger partial charge is 0.326 e. The number of carboxylic acids is 1. The van der Waals surface area contributed by atoms with E-state index < -0.39 is 23.9 Å². The zero-order valence-electron chi connectivity index (χ0n) is 10.0. The Balaban J connectivity index is 2.64. The van der Waals surface area contributed by atoms with Crippen molar-refractivity contribution in [2.24, 2.45) is 0 Å². The Morgan fingerprint density at radius 2 is 2.21 bits per heavy atom. The maximum Gasteiger partial charge on any atom is 0.326 e. The molecule has 0 spiro atoms. The van der Waals surface area contributed by atoms with E-state index in [-0.39, 0.29) is 12.8 Å². The van der Waals surface area contributed by atoms with E-state index in [1.54, 1.807) is 11.4 Å². The molecule has 1 amide bonds. The number of esters is 1. The lowest BCUT2D eigenvalue weighted by Crippen LogP contribution is -2.41. The van der Waals surface area contributed by atoms with Crippen molar-refractivity contribution in [1.29, 1.82) is 0 Å². The monoisotopic (exact) mass is 349 g/mol. The van der Waals surface area contributed by atoms with E-state index in [9.17, 15) is 14.4 Å². The van der Waals surface area contributed by atoms with Gasteiger partial charge in [-0.3, -0.25) is 9.59 Å². The molecule has 2 N–H and O–H groups in total. The first kappa shape index (κ1) is 15.6. The van der Waals surface area contributed by atoms with E-state index in [0.717, 1.165) is 0 Å². The highest BCUT2D eigenvalue weighted by molar-refractivity contribution is 9.10. The molecule has 1 atom stereocenters. The predicted octanol–water partition coefficient (Wildman–Crippen LogP) is 1.65. The fourth-order valence-electron chi connectivity index (χ4n) is 1.30. The van der Waals surface area contributed by atoms with E-state index in [1.165, 1.54) is 18.4 Å². The summed E-state index contributed by atoms with van der Waals surface area (Å²) in [5.41, 5.74) is 0. The Morgan fingerprint density at radius 1 is 1.53 bits per heavy atom. The van der Waals surface area contributed by atoms with Gasteiger partial charge in [0.05, 0.1) is 7.11 Å². The molecule has 0 radical (unpaired) electrons. The minimum atomic E-state index is -1.19. The Morgan fingerprint density at radius 3 is 2.68 bits per heavy atom. The first-order valence-corrected chi connectivity index (χ1v) is 6.96. The second-order valence-corrected chi connectivity index (χ2v) is 5.35. The number of hydrogen-bond donors (Lipinski definition) is 2. The summed E-state index contributed by atoms with van der Waals surface area (Å²) in [7, 11) is 1.22. The van der Waals surface area contributed by atoms with Crippen LogP contribution in [0.4, 0.5) is 0 Å². The van der Waals surface area contributed by atoms with E-state index >= 15 is 0 Å². The lowest BCUT2D eigenvalue weighted by Gasteiger charge is -2.13. The molecule has 1 aromatic heterocycles.